The van der Waals surface area contributed by atoms with E-state index in [-0.39, 0.29) is 41.9 Å². The van der Waals surface area contributed by atoms with Crippen LogP contribution in [0.15, 0.2) is 42.5 Å². The number of amides is 6. The lowest BCUT2D eigenvalue weighted by Gasteiger charge is -2.27. The fraction of sp³-hybridized carbons (Fsp3) is 0.217. The summed E-state index contributed by atoms with van der Waals surface area (Å²) in [4.78, 5) is 74.2. The average Bonchev–Trinajstić information content (AvgIpc) is 3.04. The van der Waals surface area contributed by atoms with Gasteiger partial charge in [-0.15, -0.1) is 0 Å². The molecule has 0 radical (unpaired) electrons. The van der Waals surface area contributed by atoms with Crippen LogP contribution in [0.25, 0.3) is 0 Å². The minimum absolute atomic E-state index is 0.0262. The van der Waals surface area contributed by atoms with Gasteiger partial charge in [-0.25, -0.2) is 0 Å². The van der Waals surface area contributed by atoms with Crippen LogP contribution >= 0.6 is 0 Å². The average molecular weight is 448 g/mol. The molecule has 10 heteroatoms. The van der Waals surface area contributed by atoms with E-state index in [9.17, 15) is 28.8 Å². The van der Waals surface area contributed by atoms with Crippen molar-refractivity contribution in [1.29, 1.82) is 0 Å². The second kappa shape index (κ2) is 8.65. The zero-order valence-electron chi connectivity index (χ0n) is 17.6. The predicted molar refractivity (Wildman–Crippen MR) is 115 cm³/mol. The minimum atomic E-state index is -1.07. The van der Waals surface area contributed by atoms with Crippen LogP contribution in [0.1, 0.15) is 49.5 Å². The molecular weight excluding hydrogens is 428 g/mol. The Morgan fingerprint density at radius 2 is 1.70 bits per heavy atom. The number of nitrogens with zero attached hydrogens (tertiary/aromatic N) is 1. The maximum atomic E-state index is 12.9. The minimum Gasteiger partial charge on any atom is -0.359 e. The highest BCUT2D eigenvalue weighted by Gasteiger charge is 2.44. The van der Waals surface area contributed by atoms with Gasteiger partial charge in [0.05, 0.1) is 17.5 Å². The molecule has 1 fully saturated rings. The third kappa shape index (κ3) is 4.22. The second-order valence-electron chi connectivity index (χ2n) is 7.71. The van der Waals surface area contributed by atoms with Crippen molar-refractivity contribution in [3.8, 4) is 0 Å². The first kappa shape index (κ1) is 21.9. The summed E-state index contributed by atoms with van der Waals surface area (Å²) in [5.41, 5.74) is 1.56. The summed E-state index contributed by atoms with van der Waals surface area (Å²) in [6.45, 7) is 0. The molecule has 0 bridgehead atoms. The molecule has 2 aliphatic rings. The maximum absolute atomic E-state index is 12.9. The molecule has 10 nitrogen and oxygen atoms in total. The van der Waals surface area contributed by atoms with E-state index in [1.165, 1.54) is 18.2 Å². The van der Waals surface area contributed by atoms with Crippen molar-refractivity contribution in [1.82, 2.24) is 15.5 Å². The van der Waals surface area contributed by atoms with E-state index >= 15 is 0 Å². The molecule has 6 amide bonds. The molecular formula is C23H20N4O6. The van der Waals surface area contributed by atoms with Gasteiger partial charge in [-0.1, -0.05) is 12.1 Å². The van der Waals surface area contributed by atoms with E-state index in [0.29, 0.717) is 5.69 Å². The van der Waals surface area contributed by atoms with Crippen LogP contribution < -0.4 is 16.0 Å². The van der Waals surface area contributed by atoms with Crippen molar-refractivity contribution in [2.24, 2.45) is 0 Å². The van der Waals surface area contributed by atoms with Gasteiger partial charge < -0.3 is 10.6 Å². The van der Waals surface area contributed by atoms with Gasteiger partial charge in [-0.2, -0.15) is 0 Å². The zero-order valence-corrected chi connectivity index (χ0v) is 17.6. The summed E-state index contributed by atoms with van der Waals surface area (Å²) in [5, 5.41) is 7.38. The van der Waals surface area contributed by atoms with Gasteiger partial charge in [0.1, 0.15) is 6.04 Å². The fourth-order valence-corrected chi connectivity index (χ4v) is 3.80. The molecule has 1 atom stereocenters. The maximum Gasteiger partial charge on any atom is 0.262 e. The quantitative estimate of drug-likeness (QED) is 0.573. The Kier molecular flexibility index (Phi) is 5.74. The number of imide groups is 2. The summed E-state index contributed by atoms with van der Waals surface area (Å²) < 4.78 is 0. The molecule has 33 heavy (non-hydrogen) atoms. The van der Waals surface area contributed by atoms with Crippen molar-refractivity contribution >= 4 is 41.1 Å². The van der Waals surface area contributed by atoms with Gasteiger partial charge in [-0.05, 0) is 42.3 Å². The largest absolute Gasteiger partial charge is 0.359 e. The molecule has 0 saturated carbocycles. The standard InChI is InChI=1S/C23H20N4O6/c1-24-19(29)10-12-2-5-14(6-3-12)25-20(30)13-4-7-15-16(11-13)23(33)27(22(15)32)17-8-9-18(28)26-21(17)31/h2-7,11,17H,8-10H2,1H3,(H,24,29)(H,25,30)(H,26,28,31). The Labute approximate surface area is 188 Å². The Morgan fingerprint density at radius 3 is 2.36 bits per heavy atom. The van der Waals surface area contributed by atoms with Gasteiger partial charge in [0.2, 0.25) is 17.7 Å². The van der Waals surface area contributed by atoms with Gasteiger partial charge >= 0.3 is 0 Å². The molecule has 2 aromatic rings. The lowest BCUT2D eigenvalue weighted by molar-refractivity contribution is -0.136. The second-order valence-corrected chi connectivity index (χ2v) is 7.71. The van der Waals surface area contributed by atoms with Crippen LogP contribution in [-0.4, -0.2) is 53.4 Å². The number of carbonyl (C=O) groups excluding carboxylic acids is 6. The highest BCUT2D eigenvalue weighted by atomic mass is 16.2. The van der Waals surface area contributed by atoms with Crippen LogP contribution in [0.4, 0.5) is 5.69 Å². The normalized spacial score (nSPS) is 17.5. The zero-order chi connectivity index (χ0) is 23.7. The highest BCUT2D eigenvalue weighted by Crippen LogP contribution is 2.28. The third-order valence-electron chi connectivity index (χ3n) is 5.56. The molecule has 1 saturated heterocycles. The van der Waals surface area contributed by atoms with E-state index in [0.717, 1.165) is 10.5 Å². The van der Waals surface area contributed by atoms with Gasteiger partial charge in [0.15, 0.2) is 0 Å². The molecule has 1 unspecified atom stereocenters. The molecule has 4 rings (SSSR count). The van der Waals surface area contributed by atoms with E-state index < -0.39 is 35.6 Å². The van der Waals surface area contributed by atoms with Gasteiger partial charge in [-0.3, -0.25) is 39.0 Å². The van der Waals surface area contributed by atoms with Gasteiger partial charge in [0, 0.05) is 24.7 Å². The number of nitrogens with one attached hydrogen (secondary N) is 3. The number of benzene rings is 2. The number of hydrogen-bond donors (Lipinski definition) is 3. The lowest BCUT2D eigenvalue weighted by atomic mass is 10.0. The smallest absolute Gasteiger partial charge is 0.262 e. The lowest BCUT2D eigenvalue weighted by Crippen LogP contribution is -2.54. The third-order valence-corrected chi connectivity index (χ3v) is 5.56. The van der Waals surface area contributed by atoms with Crippen LogP contribution in [0.5, 0.6) is 0 Å². The SMILES string of the molecule is CNC(=O)Cc1ccc(NC(=O)c2ccc3c(c2)C(=O)N(C2CCC(=O)NC2=O)C3=O)cc1. The number of anilines is 1. The number of likely N-dealkylation sites (N-methyl/N-ethyl adjacent to an activating group) is 1. The van der Waals surface area contributed by atoms with Crippen LogP contribution in [-0.2, 0) is 20.8 Å². The first-order chi connectivity index (χ1) is 15.8. The Balaban J connectivity index is 1.50. The Hall–Kier alpha value is -4.34. The van der Waals surface area contributed by atoms with Gasteiger partial charge in [0.25, 0.3) is 17.7 Å². The molecule has 0 aromatic heterocycles. The Morgan fingerprint density at radius 1 is 1.00 bits per heavy atom. The number of carbonyl (C=O) groups is 6. The predicted octanol–water partition coefficient (Wildman–Crippen LogP) is 0.629. The monoisotopic (exact) mass is 448 g/mol. The van der Waals surface area contributed by atoms with Crippen molar-refractivity contribution < 1.29 is 28.8 Å². The summed E-state index contributed by atoms with van der Waals surface area (Å²) >= 11 is 0. The number of fused-ring (bicyclic) bond motifs is 1. The van der Waals surface area contributed by atoms with Crippen molar-refractivity contribution in [2.75, 3.05) is 12.4 Å². The van der Waals surface area contributed by atoms with Crippen LogP contribution in [0.2, 0.25) is 0 Å². The Bertz CT molecular complexity index is 1200. The fourth-order valence-electron chi connectivity index (χ4n) is 3.80. The molecule has 3 N–H and O–H groups in total. The topological polar surface area (TPSA) is 142 Å². The number of rotatable bonds is 5. The molecule has 0 aliphatic carbocycles. The van der Waals surface area contributed by atoms with Crippen molar-refractivity contribution in [3.05, 3.63) is 64.7 Å². The van der Waals surface area contributed by atoms with E-state index in [1.807, 2.05) is 0 Å². The molecule has 0 spiro atoms. The number of hydrogen-bond acceptors (Lipinski definition) is 6. The van der Waals surface area contributed by atoms with E-state index in [1.54, 1.807) is 31.3 Å². The van der Waals surface area contributed by atoms with E-state index in [4.69, 9.17) is 0 Å². The summed E-state index contributed by atoms with van der Waals surface area (Å²) in [6, 6.07) is 9.79. The van der Waals surface area contributed by atoms with Crippen LogP contribution in [0.3, 0.4) is 0 Å². The summed E-state index contributed by atoms with van der Waals surface area (Å²) in [5.74, 6) is -3.08. The molecule has 2 heterocycles. The van der Waals surface area contributed by atoms with Crippen molar-refractivity contribution in [3.63, 3.8) is 0 Å². The molecule has 2 aromatic carbocycles. The summed E-state index contributed by atoms with van der Waals surface area (Å²) in [6.07, 6.45) is 0.300. The van der Waals surface area contributed by atoms with E-state index in [2.05, 4.69) is 16.0 Å². The first-order valence-electron chi connectivity index (χ1n) is 10.2. The van der Waals surface area contributed by atoms with Crippen molar-refractivity contribution in [2.45, 2.75) is 25.3 Å². The molecule has 168 valence electrons. The first-order valence-corrected chi connectivity index (χ1v) is 10.2. The summed E-state index contributed by atoms with van der Waals surface area (Å²) in [7, 11) is 1.55. The molecule has 2 aliphatic heterocycles. The number of piperidine rings is 1. The van der Waals surface area contributed by atoms with Crippen LogP contribution in [0, 0.1) is 0 Å². The highest BCUT2D eigenvalue weighted by molar-refractivity contribution is 6.24.